The van der Waals surface area contributed by atoms with Crippen molar-refractivity contribution in [3.63, 3.8) is 0 Å². The molecule has 0 radical (unpaired) electrons. The number of pyridine rings is 2. The molecule has 5 rings (SSSR count). The largest absolute Gasteiger partial charge is 0.421 e. The third kappa shape index (κ3) is 4.36. The second kappa shape index (κ2) is 9.23. The van der Waals surface area contributed by atoms with E-state index in [4.69, 9.17) is 9.47 Å². The molecule has 0 aliphatic carbocycles. The summed E-state index contributed by atoms with van der Waals surface area (Å²) in [6, 6.07) is 15.7. The van der Waals surface area contributed by atoms with Crippen molar-refractivity contribution in [3.8, 4) is 11.1 Å². The fraction of sp³-hybridized carbons (Fsp3) is 0.308. The highest BCUT2D eigenvalue weighted by Gasteiger charge is 2.55. The van der Waals surface area contributed by atoms with Crippen LogP contribution in [0.2, 0.25) is 0 Å². The van der Waals surface area contributed by atoms with Crippen molar-refractivity contribution in [1.82, 2.24) is 14.9 Å². The maximum Gasteiger partial charge on any atom is 0.421 e. The zero-order valence-electron chi connectivity index (χ0n) is 18.6. The normalized spacial score (nSPS) is 19.7. The van der Waals surface area contributed by atoms with Crippen LogP contribution in [-0.2, 0) is 32.0 Å². The van der Waals surface area contributed by atoms with Crippen LogP contribution in [0.3, 0.4) is 0 Å². The Hall–Kier alpha value is -3.78. The number of nitrogens with zero attached hydrogens (tertiary/aromatic N) is 2. The zero-order chi connectivity index (χ0) is 23.5. The van der Waals surface area contributed by atoms with E-state index in [-0.39, 0.29) is 18.0 Å². The van der Waals surface area contributed by atoms with E-state index in [0.29, 0.717) is 18.5 Å². The number of aromatic nitrogens is 2. The summed E-state index contributed by atoms with van der Waals surface area (Å²) in [5, 5.41) is 0. The van der Waals surface area contributed by atoms with Gasteiger partial charge in [0.2, 0.25) is 0 Å². The van der Waals surface area contributed by atoms with E-state index in [0.717, 1.165) is 30.4 Å². The number of rotatable bonds is 6. The number of esters is 2. The van der Waals surface area contributed by atoms with Crippen LogP contribution >= 0.6 is 0 Å². The number of hydrogen-bond donors (Lipinski definition) is 1. The van der Waals surface area contributed by atoms with Crippen molar-refractivity contribution in [3.05, 3.63) is 88.6 Å². The van der Waals surface area contributed by atoms with Crippen molar-refractivity contribution in [1.29, 1.82) is 0 Å². The van der Waals surface area contributed by atoms with Crippen LogP contribution in [-0.4, -0.2) is 39.3 Å². The predicted molar refractivity (Wildman–Crippen MR) is 123 cm³/mol. The molecule has 3 aromatic rings. The van der Waals surface area contributed by atoms with E-state index in [9.17, 15) is 14.4 Å². The predicted octanol–water partition coefficient (Wildman–Crippen LogP) is 3.04. The molecule has 1 aromatic carbocycles. The number of benzene rings is 1. The van der Waals surface area contributed by atoms with E-state index in [1.807, 2.05) is 30.5 Å². The summed E-state index contributed by atoms with van der Waals surface area (Å²) >= 11 is 0. The number of likely N-dealkylation sites (tertiary alicyclic amines) is 1. The second-order valence-electron chi connectivity index (χ2n) is 8.73. The molecule has 2 aliphatic heterocycles. The van der Waals surface area contributed by atoms with E-state index >= 15 is 0 Å². The van der Waals surface area contributed by atoms with Gasteiger partial charge in [-0.25, -0.2) is 14.5 Å². The molecule has 2 aliphatic rings. The first-order chi connectivity index (χ1) is 16.5. The van der Waals surface area contributed by atoms with E-state index in [2.05, 4.69) is 22.1 Å². The molecular formula is C26H25N3O5. The van der Waals surface area contributed by atoms with E-state index in [1.165, 1.54) is 5.56 Å². The fourth-order valence-corrected chi connectivity index (χ4v) is 4.85. The molecule has 0 amide bonds. The summed E-state index contributed by atoms with van der Waals surface area (Å²) in [5.74, 6) is -3.28. The third-order valence-corrected chi connectivity index (χ3v) is 6.58. The summed E-state index contributed by atoms with van der Waals surface area (Å²) in [6.07, 6.45) is 8.04. The van der Waals surface area contributed by atoms with Crippen LogP contribution < -0.4 is 5.56 Å². The molecule has 34 heavy (non-hydrogen) atoms. The molecule has 1 spiro atoms. The Balaban J connectivity index is 1.33. The Labute approximate surface area is 196 Å². The smallest absolute Gasteiger partial charge is 0.400 e. The minimum absolute atomic E-state index is 0.172. The van der Waals surface area contributed by atoms with Gasteiger partial charge in [0, 0.05) is 49.2 Å². The van der Waals surface area contributed by atoms with Gasteiger partial charge in [-0.2, -0.15) is 0 Å². The summed E-state index contributed by atoms with van der Waals surface area (Å²) in [7, 11) is 0. The van der Waals surface area contributed by atoms with Gasteiger partial charge >= 0.3 is 17.8 Å². The van der Waals surface area contributed by atoms with Crippen LogP contribution in [0.5, 0.6) is 0 Å². The van der Waals surface area contributed by atoms with Crippen molar-refractivity contribution >= 4 is 11.9 Å². The molecule has 0 bridgehead atoms. The molecule has 8 heteroatoms. The number of carbonyl (C=O) groups excluding carboxylic acids is 2. The molecule has 174 valence electrons. The highest BCUT2D eigenvalue weighted by Crippen LogP contribution is 2.40. The SMILES string of the molecule is O=C1OC2(CC(CCc3ccccc3-c3cccnc3)CCN2Cc2ccc[nH]c2=O)OC1=O. The van der Waals surface area contributed by atoms with Gasteiger partial charge in [0.15, 0.2) is 0 Å². The van der Waals surface area contributed by atoms with Gasteiger partial charge in [-0.3, -0.25) is 9.78 Å². The Kier molecular flexibility index (Phi) is 5.98. The quantitative estimate of drug-likeness (QED) is 0.447. The molecular weight excluding hydrogens is 434 g/mol. The summed E-state index contributed by atoms with van der Waals surface area (Å²) in [5.41, 5.74) is 3.72. The summed E-state index contributed by atoms with van der Waals surface area (Å²) in [6.45, 7) is 0.747. The van der Waals surface area contributed by atoms with Crippen molar-refractivity contribution in [2.24, 2.45) is 5.92 Å². The highest BCUT2D eigenvalue weighted by molar-refractivity contribution is 6.31. The zero-order valence-corrected chi connectivity index (χ0v) is 18.6. The Morgan fingerprint density at radius 3 is 2.56 bits per heavy atom. The Morgan fingerprint density at radius 1 is 1.00 bits per heavy atom. The van der Waals surface area contributed by atoms with E-state index in [1.54, 1.807) is 29.4 Å². The number of carbonyl (C=O) groups is 2. The monoisotopic (exact) mass is 459 g/mol. The highest BCUT2D eigenvalue weighted by atomic mass is 16.8. The van der Waals surface area contributed by atoms with Crippen LogP contribution in [0.1, 0.15) is 30.4 Å². The molecule has 2 aromatic heterocycles. The number of nitrogens with one attached hydrogen (secondary N) is 1. The average Bonchev–Trinajstić information content (AvgIpc) is 3.14. The molecule has 4 heterocycles. The van der Waals surface area contributed by atoms with Gasteiger partial charge in [0.25, 0.3) is 5.56 Å². The molecule has 8 nitrogen and oxygen atoms in total. The minimum atomic E-state index is -1.47. The van der Waals surface area contributed by atoms with Gasteiger partial charge in [0.05, 0.1) is 0 Å². The maximum absolute atomic E-state index is 12.2. The third-order valence-electron chi connectivity index (χ3n) is 6.58. The van der Waals surface area contributed by atoms with Crippen LogP contribution in [0, 0.1) is 5.92 Å². The van der Waals surface area contributed by atoms with Crippen molar-refractivity contribution in [2.45, 2.75) is 38.1 Å². The molecule has 0 saturated carbocycles. The van der Waals surface area contributed by atoms with Crippen molar-refractivity contribution in [2.75, 3.05) is 6.54 Å². The first kappa shape index (κ1) is 22.0. The standard InChI is InChI=1S/C26H25N3O5/c30-23-21(7-4-13-28-23)17-29-14-11-18(15-26(29)33-24(31)25(32)34-26)9-10-19-5-1-2-8-22(19)20-6-3-12-27-16-20/h1-8,12-13,16,18H,9-11,14-15,17H2,(H,28,30). The number of ether oxygens (including phenoxy) is 2. The Bertz CT molecular complexity index is 1240. The van der Waals surface area contributed by atoms with Crippen molar-refractivity contribution < 1.29 is 19.1 Å². The molecule has 2 fully saturated rings. The number of H-pyrrole nitrogens is 1. The molecule has 1 N–H and O–H groups in total. The first-order valence-electron chi connectivity index (χ1n) is 11.4. The van der Waals surface area contributed by atoms with Gasteiger partial charge < -0.3 is 14.5 Å². The number of aromatic amines is 1. The van der Waals surface area contributed by atoms with Crippen LogP contribution in [0.4, 0.5) is 0 Å². The second-order valence-corrected chi connectivity index (χ2v) is 8.73. The summed E-state index contributed by atoms with van der Waals surface area (Å²) < 4.78 is 11.0. The number of aryl methyl sites for hydroxylation is 1. The lowest BCUT2D eigenvalue weighted by atomic mass is 9.86. The Morgan fingerprint density at radius 2 is 1.79 bits per heavy atom. The molecule has 1 unspecified atom stereocenters. The summed E-state index contributed by atoms with van der Waals surface area (Å²) in [4.78, 5) is 44.9. The molecule has 2 saturated heterocycles. The number of piperidine rings is 1. The van der Waals surface area contributed by atoms with Gasteiger partial charge in [-0.15, -0.1) is 0 Å². The number of hydrogen-bond acceptors (Lipinski definition) is 7. The lowest BCUT2D eigenvalue weighted by molar-refractivity contribution is -0.274. The average molecular weight is 460 g/mol. The molecule has 1 atom stereocenters. The lowest BCUT2D eigenvalue weighted by Crippen LogP contribution is -2.55. The van der Waals surface area contributed by atoms with Gasteiger partial charge in [-0.05, 0) is 48.4 Å². The topological polar surface area (TPSA) is 102 Å². The lowest BCUT2D eigenvalue weighted by Gasteiger charge is -2.43. The maximum atomic E-state index is 12.2. The van der Waals surface area contributed by atoms with Gasteiger partial charge in [0.1, 0.15) is 0 Å². The van der Waals surface area contributed by atoms with Gasteiger partial charge in [-0.1, -0.05) is 36.4 Å². The fourth-order valence-electron chi connectivity index (χ4n) is 4.85. The van der Waals surface area contributed by atoms with E-state index < -0.39 is 17.8 Å². The first-order valence-corrected chi connectivity index (χ1v) is 11.4. The van der Waals surface area contributed by atoms with Crippen LogP contribution in [0.15, 0.2) is 71.9 Å². The minimum Gasteiger partial charge on any atom is -0.400 e. The van der Waals surface area contributed by atoms with Crippen LogP contribution in [0.25, 0.3) is 11.1 Å².